The van der Waals surface area contributed by atoms with E-state index in [0.29, 0.717) is 18.0 Å². The molecule has 0 bridgehead atoms. The highest BCUT2D eigenvalue weighted by atomic mass is 16.6. The fourth-order valence-corrected chi connectivity index (χ4v) is 3.41. The zero-order chi connectivity index (χ0) is 14.0. The van der Waals surface area contributed by atoms with E-state index in [-0.39, 0.29) is 6.09 Å². The first kappa shape index (κ1) is 14.6. The Morgan fingerprint density at radius 2 is 1.95 bits per heavy atom. The van der Waals surface area contributed by atoms with E-state index < -0.39 is 5.60 Å². The van der Waals surface area contributed by atoms with Gasteiger partial charge >= 0.3 is 6.09 Å². The molecule has 0 spiro atoms. The number of rotatable bonds is 0. The second kappa shape index (κ2) is 5.70. The van der Waals surface area contributed by atoms with E-state index in [9.17, 15) is 4.79 Å². The van der Waals surface area contributed by atoms with Crippen molar-refractivity contribution in [3.05, 3.63) is 0 Å². The van der Waals surface area contributed by atoms with Crippen LogP contribution in [0.25, 0.3) is 0 Å². The molecule has 1 aliphatic carbocycles. The molecule has 1 amide bonds. The number of nitrogens with zero attached hydrogens (tertiary/aromatic N) is 1. The van der Waals surface area contributed by atoms with E-state index in [4.69, 9.17) is 10.5 Å². The van der Waals surface area contributed by atoms with Crippen LogP contribution in [0.15, 0.2) is 0 Å². The van der Waals surface area contributed by atoms with Crippen molar-refractivity contribution in [3.8, 4) is 0 Å². The molecule has 3 unspecified atom stereocenters. The molecule has 3 atom stereocenters. The van der Waals surface area contributed by atoms with Gasteiger partial charge in [0, 0.05) is 18.6 Å². The Kier molecular flexibility index (Phi) is 4.39. The smallest absolute Gasteiger partial charge is 0.410 e. The summed E-state index contributed by atoms with van der Waals surface area (Å²) in [4.78, 5) is 14.4. The van der Waals surface area contributed by atoms with Gasteiger partial charge in [-0.1, -0.05) is 6.42 Å². The highest BCUT2D eigenvalue weighted by Crippen LogP contribution is 2.34. The average Bonchev–Trinajstić information content (AvgIpc) is 2.48. The SMILES string of the molecule is CC(C)(C)OC(=O)N1CCCCC2CC(N)CCC21. The van der Waals surface area contributed by atoms with Crippen LogP contribution in [0.5, 0.6) is 0 Å². The van der Waals surface area contributed by atoms with Crippen molar-refractivity contribution in [2.24, 2.45) is 11.7 Å². The zero-order valence-corrected chi connectivity index (χ0v) is 12.5. The Hall–Kier alpha value is -0.770. The van der Waals surface area contributed by atoms with Crippen molar-refractivity contribution in [1.29, 1.82) is 0 Å². The molecule has 2 fully saturated rings. The van der Waals surface area contributed by atoms with Crippen LogP contribution in [0.4, 0.5) is 4.79 Å². The predicted octanol–water partition coefficient (Wildman–Crippen LogP) is 2.90. The molecule has 0 aromatic heterocycles. The van der Waals surface area contributed by atoms with Gasteiger partial charge in [0.2, 0.25) is 0 Å². The number of carbonyl (C=O) groups excluding carboxylic acids is 1. The number of amides is 1. The lowest BCUT2D eigenvalue weighted by Crippen LogP contribution is -2.49. The third-order valence-electron chi connectivity index (χ3n) is 4.24. The lowest BCUT2D eigenvalue weighted by Gasteiger charge is -2.40. The average molecular weight is 268 g/mol. The maximum atomic E-state index is 12.4. The fraction of sp³-hybridized carbons (Fsp3) is 0.933. The quantitative estimate of drug-likeness (QED) is 0.735. The molecule has 4 nitrogen and oxygen atoms in total. The number of likely N-dealkylation sites (tertiary alicyclic amines) is 1. The molecule has 110 valence electrons. The van der Waals surface area contributed by atoms with Crippen LogP contribution in [0.3, 0.4) is 0 Å². The Morgan fingerprint density at radius 3 is 2.63 bits per heavy atom. The summed E-state index contributed by atoms with van der Waals surface area (Å²) in [5, 5.41) is 0. The van der Waals surface area contributed by atoms with Gasteiger partial charge in [-0.2, -0.15) is 0 Å². The first-order valence-electron chi connectivity index (χ1n) is 7.62. The lowest BCUT2D eigenvalue weighted by molar-refractivity contribution is 0.00584. The molecule has 2 aliphatic rings. The molecule has 0 aromatic rings. The van der Waals surface area contributed by atoms with Crippen LogP contribution >= 0.6 is 0 Å². The lowest BCUT2D eigenvalue weighted by atomic mass is 9.79. The summed E-state index contributed by atoms with van der Waals surface area (Å²) in [6.07, 6.45) is 6.47. The van der Waals surface area contributed by atoms with Gasteiger partial charge in [0.15, 0.2) is 0 Å². The number of carbonyl (C=O) groups is 1. The maximum Gasteiger partial charge on any atom is 0.410 e. The molecule has 2 rings (SSSR count). The summed E-state index contributed by atoms with van der Waals surface area (Å²) in [5.41, 5.74) is 5.67. The predicted molar refractivity (Wildman–Crippen MR) is 75.9 cm³/mol. The molecule has 1 aliphatic heterocycles. The molecule has 2 N–H and O–H groups in total. The monoisotopic (exact) mass is 268 g/mol. The second-order valence-corrected chi connectivity index (χ2v) is 7.07. The Bertz CT molecular complexity index is 325. The van der Waals surface area contributed by atoms with E-state index in [1.165, 1.54) is 12.8 Å². The summed E-state index contributed by atoms with van der Waals surface area (Å²) in [7, 11) is 0. The molecular weight excluding hydrogens is 240 g/mol. The molecule has 4 heteroatoms. The Balaban J connectivity index is 2.07. The van der Waals surface area contributed by atoms with Crippen LogP contribution in [0.1, 0.15) is 59.3 Å². The van der Waals surface area contributed by atoms with E-state index in [2.05, 4.69) is 0 Å². The van der Waals surface area contributed by atoms with Crippen LogP contribution in [-0.4, -0.2) is 35.2 Å². The first-order chi connectivity index (χ1) is 8.87. The minimum absolute atomic E-state index is 0.139. The van der Waals surface area contributed by atoms with Crippen molar-refractivity contribution in [2.45, 2.75) is 77.0 Å². The van der Waals surface area contributed by atoms with Crippen molar-refractivity contribution >= 4 is 6.09 Å². The van der Waals surface area contributed by atoms with Crippen molar-refractivity contribution < 1.29 is 9.53 Å². The van der Waals surface area contributed by atoms with Gasteiger partial charge in [-0.25, -0.2) is 4.79 Å². The van der Waals surface area contributed by atoms with Gasteiger partial charge in [-0.05, 0) is 58.8 Å². The topological polar surface area (TPSA) is 55.6 Å². The van der Waals surface area contributed by atoms with Gasteiger partial charge in [0.1, 0.15) is 5.60 Å². The minimum Gasteiger partial charge on any atom is -0.444 e. The zero-order valence-electron chi connectivity index (χ0n) is 12.5. The Morgan fingerprint density at radius 1 is 1.21 bits per heavy atom. The molecule has 1 saturated carbocycles. The van der Waals surface area contributed by atoms with E-state index >= 15 is 0 Å². The van der Waals surface area contributed by atoms with Crippen molar-refractivity contribution in [3.63, 3.8) is 0 Å². The summed E-state index contributed by atoms with van der Waals surface area (Å²) in [6.45, 7) is 6.62. The maximum absolute atomic E-state index is 12.4. The number of nitrogens with two attached hydrogens (primary N) is 1. The van der Waals surface area contributed by atoms with Gasteiger partial charge in [0.05, 0.1) is 0 Å². The molecule has 1 saturated heterocycles. The van der Waals surface area contributed by atoms with Gasteiger partial charge in [-0.3, -0.25) is 0 Å². The second-order valence-electron chi connectivity index (χ2n) is 7.07. The summed E-state index contributed by atoms with van der Waals surface area (Å²) in [6, 6.07) is 0.664. The first-order valence-corrected chi connectivity index (χ1v) is 7.62. The van der Waals surface area contributed by atoms with Gasteiger partial charge in [0.25, 0.3) is 0 Å². The summed E-state index contributed by atoms with van der Waals surface area (Å²) in [5.74, 6) is 0.568. The third-order valence-corrected chi connectivity index (χ3v) is 4.24. The molecule has 0 aromatic carbocycles. The van der Waals surface area contributed by atoms with E-state index in [0.717, 1.165) is 32.2 Å². The van der Waals surface area contributed by atoms with Crippen molar-refractivity contribution in [2.75, 3.05) is 6.54 Å². The molecular formula is C15H28N2O2. The summed E-state index contributed by atoms with van der Waals surface area (Å²) >= 11 is 0. The fourth-order valence-electron chi connectivity index (χ4n) is 3.41. The molecule has 0 radical (unpaired) electrons. The minimum atomic E-state index is -0.413. The standard InChI is InChI=1S/C15H28N2O2/c1-15(2,3)19-14(18)17-9-5-4-6-11-10-12(16)7-8-13(11)17/h11-13H,4-10,16H2,1-3H3. The number of fused-ring (bicyclic) bond motifs is 1. The van der Waals surface area contributed by atoms with Gasteiger partial charge < -0.3 is 15.4 Å². The highest BCUT2D eigenvalue weighted by molar-refractivity contribution is 5.68. The van der Waals surface area contributed by atoms with E-state index in [1.807, 2.05) is 25.7 Å². The third kappa shape index (κ3) is 3.85. The molecule has 1 heterocycles. The number of ether oxygens (including phenoxy) is 1. The van der Waals surface area contributed by atoms with Crippen molar-refractivity contribution in [1.82, 2.24) is 4.90 Å². The van der Waals surface area contributed by atoms with Crippen LogP contribution in [0.2, 0.25) is 0 Å². The largest absolute Gasteiger partial charge is 0.444 e. The van der Waals surface area contributed by atoms with Crippen LogP contribution < -0.4 is 5.73 Å². The Labute approximate surface area is 116 Å². The van der Waals surface area contributed by atoms with Crippen LogP contribution in [-0.2, 0) is 4.74 Å². The number of hydrogen-bond acceptors (Lipinski definition) is 3. The van der Waals surface area contributed by atoms with E-state index in [1.54, 1.807) is 0 Å². The number of hydrogen-bond donors (Lipinski definition) is 1. The molecule has 19 heavy (non-hydrogen) atoms. The van der Waals surface area contributed by atoms with Gasteiger partial charge in [-0.15, -0.1) is 0 Å². The summed E-state index contributed by atoms with van der Waals surface area (Å²) < 4.78 is 5.56. The van der Waals surface area contributed by atoms with Crippen LogP contribution in [0, 0.1) is 5.92 Å². The normalized spacial score (nSPS) is 32.4. The highest BCUT2D eigenvalue weighted by Gasteiger charge is 2.38.